The zero-order valence-electron chi connectivity index (χ0n) is 12.6. The Hall–Kier alpha value is -2.44. The number of halogens is 2. The number of nitrogens with zero attached hydrogens (tertiary/aromatic N) is 1. The Morgan fingerprint density at radius 3 is 2.83 bits per heavy atom. The highest BCUT2D eigenvalue weighted by Crippen LogP contribution is 2.28. The molecule has 0 saturated carbocycles. The minimum Gasteiger partial charge on any atom is -0.504 e. The molecule has 126 valence electrons. The Bertz CT molecular complexity index is 766. The van der Waals surface area contributed by atoms with Crippen LogP contribution in [-0.2, 0) is 4.79 Å². The van der Waals surface area contributed by atoms with Gasteiger partial charge in [-0.1, -0.05) is 29.3 Å². The highest BCUT2D eigenvalue weighted by Gasteiger charge is 2.07. The molecular formula is C16H14Cl2N2O4. The van der Waals surface area contributed by atoms with E-state index in [1.807, 2.05) is 0 Å². The van der Waals surface area contributed by atoms with Crippen LogP contribution in [-0.4, -0.2) is 30.9 Å². The normalized spacial score (nSPS) is 10.6. The molecule has 0 bridgehead atoms. The highest BCUT2D eigenvalue weighted by atomic mass is 35.5. The van der Waals surface area contributed by atoms with Crippen molar-refractivity contribution in [3.63, 3.8) is 0 Å². The molecule has 0 spiro atoms. The Labute approximate surface area is 148 Å². The molecule has 2 rings (SSSR count). The van der Waals surface area contributed by atoms with Gasteiger partial charge in [-0.25, -0.2) is 5.43 Å². The van der Waals surface area contributed by atoms with E-state index in [0.29, 0.717) is 27.1 Å². The Balaban J connectivity index is 1.90. The average Bonchev–Trinajstić information content (AvgIpc) is 2.57. The zero-order valence-corrected chi connectivity index (χ0v) is 14.1. The number of para-hydroxylation sites is 1. The molecule has 0 radical (unpaired) electrons. The number of hydrogen-bond donors (Lipinski definition) is 2. The Kier molecular flexibility index (Phi) is 6.28. The third kappa shape index (κ3) is 4.78. The van der Waals surface area contributed by atoms with Crippen molar-refractivity contribution >= 4 is 35.3 Å². The van der Waals surface area contributed by atoms with E-state index in [2.05, 4.69) is 10.5 Å². The van der Waals surface area contributed by atoms with Gasteiger partial charge in [-0.15, -0.1) is 0 Å². The van der Waals surface area contributed by atoms with E-state index in [9.17, 15) is 9.90 Å². The monoisotopic (exact) mass is 368 g/mol. The maximum absolute atomic E-state index is 11.7. The van der Waals surface area contributed by atoms with Crippen molar-refractivity contribution in [3.8, 4) is 17.2 Å². The van der Waals surface area contributed by atoms with Crippen LogP contribution in [0.2, 0.25) is 10.0 Å². The molecule has 6 nitrogen and oxygen atoms in total. The Morgan fingerprint density at radius 2 is 2.08 bits per heavy atom. The molecule has 0 unspecified atom stereocenters. The molecule has 0 heterocycles. The number of methoxy groups -OCH3 is 1. The molecule has 24 heavy (non-hydrogen) atoms. The second-order valence-corrected chi connectivity index (χ2v) is 5.40. The standard InChI is InChI=1S/C16H14Cl2N2O4/c1-23-13-4-2-3-10(16(13)22)8-19-20-15(21)9-24-14-7-11(17)5-6-12(14)18/h2-8,22H,9H2,1H3,(H,20,21)/b19-8-. The summed E-state index contributed by atoms with van der Waals surface area (Å²) in [6.45, 7) is -0.290. The summed E-state index contributed by atoms with van der Waals surface area (Å²) in [4.78, 5) is 11.7. The molecule has 1 amide bonds. The van der Waals surface area contributed by atoms with Gasteiger partial charge in [0.05, 0.1) is 18.3 Å². The van der Waals surface area contributed by atoms with Crippen molar-refractivity contribution in [2.75, 3.05) is 13.7 Å². The van der Waals surface area contributed by atoms with Gasteiger partial charge in [0.25, 0.3) is 5.91 Å². The van der Waals surface area contributed by atoms with E-state index < -0.39 is 5.91 Å². The second kappa shape index (κ2) is 8.42. The van der Waals surface area contributed by atoms with Crippen molar-refractivity contribution in [1.82, 2.24) is 5.43 Å². The first-order valence-corrected chi connectivity index (χ1v) is 7.52. The van der Waals surface area contributed by atoms with Crippen molar-refractivity contribution in [3.05, 3.63) is 52.0 Å². The molecule has 2 N–H and O–H groups in total. The van der Waals surface area contributed by atoms with Gasteiger partial charge in [-0.05, 0) is 24.3 Å². The summed E-state index contributed by atoms with van der Waals surface area (Å²) in [5.41, 5.74) is 2.67. The number of rotatable bonds is 6. The summed E-state index contributed by atoms with van der Waals surface area (Å²) < 4.78 is 10.2. The van der Waals surface area contributed by atoms with E-state index >= 15 is 0 Å². The summed E-state index contributed by atoms with van der Waals surface area (Å²) >= 11 is 11.8. The van der Waals surface area contributed by atoms with E-state index in [4.69, 9.17) is 32.7 Å². The fourth-order valence-corrected chi connectivity index (χ4v) is 2.08. The quantitative estimate of drug-likeness (QED) is 0.605. The number of hydrazone groups is 1. The molecule has 0 aromatic heterocycles. The van der Waals surface area contributed by atoms with Crippen LogP contribution in [0, 0.1) is 0 Å². The lowest BCUT2D eigenvalue weighted by Gasteiger charge is -2.07. The average molecular weight is 369 g/mol. The molecule has 0 aliphatic heterocycles. The van der Waals surface area contributed by atoms with E-state index in [0.717, 1.165) is 0 Å². The largest absolute Gasteiger partial charge is 0.504 e. The topological polar surface area (TPSA) is 80.2 Å². The molecule has 8 heteroatoms. The number of ether oxygens (including phenoxy) is 2. The fourth-order valence-electron chi connectivity index (χ4n) is 1.75. The summed E-state index contributed by atoms with van der Waals surface area (Å²) in [5, 5.41) is 14.4. The lowest BCUT2D eigenvalue weighted by Crippen LogP contribution is -2.24. The van der Waals surface area contributed by atoms with Crippen LogP contribution in [0.25, 0.3) is 0 Å². The van der Waals surface area contributed by atoms with E-state index in [1.165, 1.54) is 19.4 Å². The molecule has 0 saturated heterocycles. The number of carbonyl (C=O) groups excluding carboxylic acids is 1. The summed E-state index contributed by atoms with van der Waals surface area (Å²) in [6.07, 6.45) is 1.29. The molecule has 2 aromatic carbocycles. The van der Waals surface area contributed by atoms with Crippen molar-refractivity contribution < 1.29 is 19.4 Å². The van der Waals surface area contributed by atoms with Gasteiger partial charge in [0, 0.05) is 16.7 Å². The maximum atomic E-state index is 11.7. The van der Waals surface area contributed by atoms with Gasteiger partial charge in [0.15, 0.2) is 18.1 Å². The number of benzene rings is 2. The van der Waals surface area contributed by atoms with Crippen LogP contribution in [0.4, 0.5) is 0 Å². The van der Waals surface area contributed by atoms with Crippen LogP contribution in [0.1, 0.15) is 5.56 Å². The van der Waals surface area contributed by atoms with Crippen molar-refractivity contribution in [2.24, 2.45) is 5.10 Å². The lowest BCUT2D eigenvalue weighted by molar-refractivity contribution is -0.123. The first-order valence-electron chi connectivity index (χ1n) is 6.77. The van der Waals surface area contributed by atoms with Gasteiger partial charge in [0.2, 0.25) is 0 Å². The number of carbonyl (C=O) groups is 1. The number of amides is 1. The summed E-state index contributed by atoms with van der Waals surface area (Å²) in [5.74, 6) is 0.0441. The maximum Gasteiger partial charge on any atom is 0.277 e. The molecule has 0 aliphatic carbocycles. The van der Waals surface area contributed by atoms with Crippen molar-refractivity contribution in [2.45, 2.75) is 0 Å². The van der Waals surface area contributed by atoms with Crippen LogP contribution in [0.15, 0.2) is 41.5 Å². The molecule has 0 atom stereocenters. The first kappa shape index (κ1) is 17.9. The Morgan fingerprint density at radius 1 is 1.29 bits per heavy atom. The van der Waals surface area contributed by atoms with Gasteiger partial charge in [-0.2, -0.15) is 5.10 Å². The molecule has 0 fully saturated rings. The minimum atomic E-state index is -0.496. The third-order valence-corrected chi connectivity index (χ3v) is 3.44. The van der Waals surface area contributed by atoms with Crippen LogP contribution in [0.3, 0.4) is 0 Å². The summed E-state index contributed by atoms with van der Waals surface area (Å²) in [7, 11) is 1.44. The van der Waals surface area contributed by atoms with E-state index in [1.54, 1.807) is 30.3 Å². The van der Waals surface area contributed by atoms with Crippen LogP contribution in [0.5, 0.6) is 17.2 Å². The van der Waals surface area contributed by atoms with Gasteiger partial charge >= 0.3 is 0 Å². The van der Waals surface area contributed by atoms with Gasteiger partial charge in [-0.3, -0.25) is 4.79 Å². The third-order valence-electron chi connectivity index (χ3n) is 2.90. The predicted molar refractivity (Wildman–Crippen MR) is 92.4 cm³/mol. The number of hydrogen-bond acceptors (Lipinski definition) is 5. The lowest BCUT2D eigenvalue weighted by atomic mass is 10.2. The predicted octanol–water partition coefficient (Wildman–Crippen LogP) is 3.24. The first-order chi connectivity index (χ1) is 11.5. The second-order valence-electron chi connectivity index (χ2n) is 4.55. The summed E-state index contributed by atoms with van der Waals surface area (Å²) in [6, 6.07) is 9.60. The van der Waals surface area contributed by atoms with Gasteiger partial charge in [0.1, 0.15) is 5.75 Å². The molecular weight excluding hydrogens is 355 g/mol. The highest BCUT2D eigenvalue weighted by molar-refractivity contribution is 6.34. The van der Waals surface area contributed by atoms with Crippen LogP contribution < -0.4 is 14.9 Å². The number of phenolic OH excluding ortho intramolecular Hbond substituents is 1. The number of aromatic hydroxyl groups is 1. The molecule has 2 aromatic rings. The van der Waals surface area contributed by atoms with Crippen molar-refractivity contribution in [1.29, 1.82) is 0 Å². The zero-order chi connectivity index (χ0) is 17.5. The van der Waals surface area contributed by atoms with Gasteiger partial charge < -0.3 is 14.6 Å². The number of phenols is 1. The molecule has 0 aliphatic rings. The fraction of sp³-hybridized carbons (Fsp3) is 0.125. The number of nitrogens with one attached hydrogen (secondary N) is 1. The SMILES string of the molecule is COc1cccc(/C=N\NC(=O)COc2cc(Cl)ccc2Cl)c1O. The minimum absolute atomic E-state index is 0.0695. The smallest absolute Gasteiger partial charge is 0.277 e. The van der Waals surface area contributed by atoms with E-state index in [-0.39, 0.29) is 12.4 Å². The van der Waals surface area contributed by atoms with Crippen LogP contribution >= 0.6 is 23.2 Å².